The summed E-state index contributed by atoms with van der Waals surface area (Å²) in [6.07, 6.45) is 1.30. The molecule has 13 heavy (non-hydrogen) atoms. The lowest BCUT2D eigenvalue weighted by atomic mass is 9.89. The summed E-state index contributed by atoms with van der Waals surface area (Å²) in [7, 11) is 0. The van der Waals surface area contributed by atoms with Gasteiger partial charge in [0.2, 0.25) is 5.91 Å². The number of nitrogens with one attached hydrogen (secondary N) is 1. The Morgan fingerprint density at radius 3 is 2.77 bits per heavy atom. The Morgan fingerprint density at radius 1 is 1.62 bits per heavy atom. The SMILES string of the molecule is CC1(CNCCCC(N)=O)COC1. The molecule has 76 valence electrons. The number of carbonyl (C=O) groups is 1. The Bertz CT molecular complexity index is 178. The molecule has 0 atom stereocenters. The Kier molecular flexibility index (Phi) is 3.69. The molecule has 0 aromatic heterocycles. The fourth-order valence-electron chi connectivity index (χ4n) is 1.33. The molecule has 0 bridgehead atoms. The van der Waals surface area contributed by atoms with Crippen molar-refractivity contribution in [2.24, 2.45) is 11.1 Å². The first-order valence-corrected chi connectivity index (χ1v) is 4.69. The molecule has 0 aromatic rings. The zero-order valence-electron chi connectivity index (χ0n) is 8.14. The van der Waals surface area contributed by atoms with E-state index in [9.17, 15) is 4.79 Å². The summed E-state index contributed by atoms with van der Waals surface area (Å²) < 4.78 is 5.12. The van der Waals surface area contributed by atoms with Gasteiger partial charge in [-0.2, -0.15) is 0 Å². The number of amides is 1. The predicted molar refractivity (Wildman–Crippen MR) is 50.2 cm³/mol. The molecule has 0 radical (unpaired) electrons. The Balaban J connectivity index is 1.92. The number of ether oxygens (including phenoxy) is 1. The summed E-state index contributed by atoms with van der Waals surface area (Å²) in [6.45, 7) is 5.70. The number of hydrogen-bond donors (Lipinski definition) is 2. The van der Waals surface area contributed by atoms with Crippen LogP contribution in [0.2, 0.25) is 0 Å². The zero-order chi connectivity index (χ0) is 9.73. The minimum absolute atomic E-state index is 0.222. The summed E-state index contributed by atoms with van der Waals surface area (Å²) in [4.78, 5) is 10.4. The molecule has 4 heteroatoms. The number of primary amides is 1. The third-order valence-electron chi connectivity index (χ3n) is 2.23. The average molecular weight is 186 g/mol. The van der Waals surface area contributed by atoms with Crippen molar-refractivity contribution in [1.82, 2.24) is 5.32 Å². The Hall–Kier alpha value is -0.610. The van der Waals surface area contributed by atoms with E-state index in [1.54, 1.807) is 0 Å². The topological polar surface area (TPSA) is 64.3 Å². The van der Waals surface area contributed by atoms with Gasteiger partial charge in [-0.25, -0.2) is 0 Å². The van der Waals surface area contributed by atoms with Crippen LogP contribution in [0.3, 0.4) is 0 Å². The summed E-state index contributed by atoms with van der Waals surface area (Å²) in [5, 5.41) is 3.30. The van der Waals surface area contributed by atoms with Crippen LogP contribution >= 0.6 is 0 Å². The van der Waals surface area contributed by atoms with Crippen molar-refractivity contribution in [2.75, 3.05) is 26.3 Å². The predicted octanol–water partition coefficient (Wildman–Crippen LogP) is -0.122. The molecule has 1 amide bonds. The normalized spacial score (nSPS) is 19.5. The zero-order valence-corrected chi connectivity index (χ0v) is 8.14. The third-order valence-corrected chi connectivity index (χ3v) is 2.23. The summed E-state index contributed by atoms with van der Waals surface area (Å²) in [5.41, 5.74) is 5.32. The van der Waals surface area contributed by atoms with Crippen LogP contribution in [0, 0.1) is 5.41 Å². The monoisotopic (exact) mass is 186 g/mol. The lowest BCUT2D eigenvalue weighted by molar-refractivity contribution is -0.118. The van der Waals surface area contributed by atoms with E-state index in [0.29, 0.717) is 11.8 Å². The maximum atomic E-state index is 10.4. The first kappa shape index (κ1) is 10.5. The third kappa shape index (κ3) is 3.74. The van der Waals surface area contributed by atoms with Crippen LogP contribution in [-0.4, -0.2) is 32.2 Å². The molecular weight excluding hydrogens is 168 g/mol. The largest absolute Gasteiger partial charge is 0.380 e. The quantitative estimate of drug-likeness (QED) is 0.568. The second-order valence-electron chi connectivity index (χ2n) is 4.05. The molecule has 1 saturated heterocycles. The van der Waals surface area contributed by atoms with Gasteiger partial charge in [0.25, 0.3) is 0 Å². The van der Waals surface area contributed by atoms with Crippen LogP contribution in [-0.2, 0) is 9.53 Å². The maximum Gasteiger partial charge on any atom is 0.217 e. The van der Waals surface area contributed by atoms with E-state index in [0.717, 1.165) is 32.7 Å². The van der Waals surface area contributed by atoms with Gasteiger partial charge in [-0.15, -0.1) is 0 Å². The van der Waals surface area contributed by atoms with Crippen LogP contribution in [0.5, 0.6) is 0 Å². The second kappa shape index (κ2) is 4.58. The van der Waals surface area contributed by atoms with Gasteiger partial charge in [-0.3, -0.25) is 4.79 Å². The van der Waals surface area contributed by atoms with Crippen LogP contribution in [0.1, 0.15) is 19.8 Å². The van der Waals surface area contributed by atoms with Crippen molar-refractivity contribution in [2.45, 2.75) is 19.8 Å². The van der Waals surface area contributed by atoms with Crippen molar-refractivity contribution in [3.63, 3.8) is 0 Å². The average Bonchev–Trinajstić information content (AvgIpc) is 2.00. The molecule has 0 unspecified atom stereocenters. The molecule has 0 aliphatic carbocycles. The van der Waals surface area contributed by atoms with Gasteiger partial charge >= 0.3 is 0 Å². The van der Waals surface area contributed by atoms with E-state index in [2.05, 4.69) is 12.2 Å². The second-order valence-corrected chi connectivity index (χ2v) is 4.05. The van der Waals surface area contributed by atoms with Crippen molar-refractivity contribution < 1.29 is 9.53 Å². The van der Waals surface area contributed by atoms with Gasteiger partial charge in [0.05, 0.1) is 13.2 Å². The van der Waals surface area contributed by atoms with E-state index in [4.69, 9.17) is 10.5 Å². The molecule has 1 rings (SSSR count). The summed E-state index contributed by atoms with van der Waals surface area (Å²) in [5.74, 6) is -0.222. The first-order valence-electron chi connectivity index (χ1n) is 4.69. The lowest BCUT2D eigenvalue weighted by Crippen LogP contribution is -2.47. The van der Waals surface area contributed by atoms with Gasteiger partial charge in [0.1, 0.15) is 0 Å². The maximum absolute atomic E-state index is 10.4. The fourth-order valence-corrected chi connectivity index (χ4v) is 1.33. The number of carbonyl (C=O) groups excluding carboxylic acids is 1. The lowest BCUT2D eigenvalue weighted by Gasteiger charge is -2.38. The number of rotatable bonds is 6. The summed E-state index contributed by atoms with van der Waals surface area (Å²) in [6, 6.07) is 0. The van der Waals surface area contributed by atoms with Crippen LogP contribution in [0.25, 0.3) is 0 Å². The van der Waals surface area contributed by atoms with Gasteiger partial charge < -0.3 is 15.8 Å². The van der Waals surface area contributed by atoms with E-state index < -0.39 is 0 Å². The molecular formula is C9H18N2O2. The van der Waals surface area contributed by atoms with Crippen molar-refractivity contribution in [3.05, 3.63) is 0 Å². The standard InChI is InChI=1S/C9H18N2O2/c1-9(6-13-7-9)5-11-4-2-3-8(10)12/h11H,2-7H2,1H3,(H2,10,12). The van der Waals surface area contributed by atoms with Crippen molar-refractivity contribution in [3.8, 4) is 0 Å². The van der Waals surface area contributed by atoms with Gasteiger partial charge in [0.15, 0.2) is 0 Å². The summed E-state index contributed by atoms with van der Waals surface area (Å²) >= 11 is 0. The molecule has 3 N–H and O–H groups in total. The minimum Gasteiger partial charge on any atom is -0.380 e. The fraction of sp³-hybridized carbons (Fsp3) is 0.889. The highest BCUT2D eigenvalue weighted by Gasteiger charge is 2.32. The van der Waals surface area contributed by atoms with Crippen LogP contribution < -0.4 is 11.1 Å². The Labute approximate surface area is 78.8 Å². The molecule has 1 aliphatic heterocycles. The highest BCUT2D eigenvalue weighted by Crippen LogP contribution is 2.24. The molecule has 1 fully saturated rings. The van der Waals surface area contributed by atoms with Crippen molar-refractivity contribution in [1.29, 1.82) is 0 Å². The van der Waals surface area contributed by atoms with Crippen LogP contribution in [0.4, 0.5) is 0 Å². The molecule has 1 aliphatic rings. The molecule has 0 aromatic carbocycles. The highest BCUT2D eigenvalue weighted by atomic mass is 16.5. The molecule has 4 nitrogen and oxygen atoms in total. The highest BCUT2D eigenvalue weighted by molar-refractivity contribution is 5.73. The van der Waals surface area contributed by atoms with Gasteiger partial charge in [0, 0.05) is 18.4 Å². The van der Waals surface area contributed by atoms with Crippen molar-refractivity contribution >= 4 is 5.91 Å². The van der Waals surface area contributed by atoms with E-state index in [1.807, 2.05) is 0 Å². The van der Waals surface area contributed by atoms with Crippen LogP contribution in [0.15, 0.2) is 0 Å². The first-order chi connectivity index (χ1) is 6.12. The number of hydrogen-bond acceptors (Lipinski definition) is 3. The Morgan fingerprint density at radius 2 is 2.31 bits per heavy atom. The minimum atomic E-state index is -0.222. The van der Waals surface area contributed by atoms with E-state index >= 15 is 0 Å². The smallest absolute Gasteiger partial charge is 0.217 e. The molecule has 1 heterocycles. The molecule has 0 saturated carbocycles. The number of nitrogens with two attached hydrogens (primary N) is 1. The van der Waals surface area contributed by atoms with Gasteiger partial charge in [-0.05, 0) is 13.0 Å². The van der Waals surface area contributed by atoms with E-state index in [1.165, 1.54) is 0 Å². The van der Waals surface area contributed by atoms with Gasteiger partial charge in [-0.1, -0.05) is 6.92 Å². The molecule has 0 spiro atoms. The van der Waals surface area contributed by atoms with E-state index in [-0.39, 0.29) is 5.91 Å².